The highest BCUT2D eigenvalue weighted by molar-refractivity contribution is 6.32. The van der Waals surface area contributed by atoms with Crippen molar-refractivity contribution in [3.8, 4) is 11.5 Å². The molecule has 0 aromatic heterocycles. The molecule has 0 bridgehead atoms. The number of para-hydroxylation sites is 2. The molecule has 0 saturated carbocycles. The summed E-state index contributed by atoms with van der Waals surface area (Å²) >= 11 is 6.38. The molecule has 0 radical (unpaired) electrons. The first-order chi connectivity index (χ1) is 15.4. The van der Waals surface area contributed by atoms with Gasteiger partial charge in [-0.3, -0.25) is 4.79 Å². The maximum atomic E-state index is 12.7. The van der Waals surface area contributed by atoms with Crippen LogP contribution in [-0.4, -0.2) is 56.7 Å². The van der Waals surface area contributed by atoms with Crippen molar-refractivity contribution in [2.75, 3.05) is 50.1 Å². The van der Waals surface area contributed by atoms with Crippen LogP contribution in [0.1, 0.15) is 26.3 Å². The van der Waals surface area contributed by atoms with Gasteiger partial charge in [0.2, 0.25) is 5.91 Å². The zero-order valence-corrected chi connectivity index (χ0v) is 20.0. The van der Waals surface area contributed by atoms with Gasteiger partial charge in [0.15, 0.2) is 11.5 Å². The molecule has 1 aliphatic rings. The highest BCUT2D eigenvalue weighted by atomic mass is 35.5. The second-order valence-corrected chi connectivity index (χ2v) is 8.37. The van der Waals surface area contributed by atoms with Crippen LogP contribution in [0.25, 0.3) is 6.08 Å². The van der Waals surface area contributed by atoms with E-state index in [1.807, 2.05) is 32.0 Å². The number of likely N-dealkylation sites (N-methyl/N-ethyl adjacent to an activating group) is 1. The van der Waals surface area contributed by atoms with Gasteiger partial charge < -0.3 is 24.6 Å². The molecule has 1 saturated heterocycles. The van der Waals surface area contributed by atoms with Gasteiger partial charge in [-0.25, -0.2) is 0 Å². The maximum absolute atomic E-state index is 12.7. The van der Waals surface area contributed by atoms with E-state index >= 15 is 0 Å². The molecule has 0 spiro atoms. The predicted octanol–water partition coefficient (Wildman–Crippen LogP) is 4.93. The SMILES string of the molecule is CCN1CCN(c2ccccc2NC(=O)/C=C/c2cc(Cl)c(OC(C)C)c(OC)c2)CC1. The molecule has 2 aromatic carbocycles. The van der Waals surface area contributed by atoms with Gasteiger partial charge in [0.1, 0.15) is 0 Å². The lowest BCUT2D eigenvalue weighted by Gasteiger charge is -2.36. The third-order valence-corrected chi connectivity index (χ3v) is 5.64. The Labute approximate surface area is 195 Å². The standard InChI is InChI=1S/C25H32ClN3O3/c1-5-28-12-14-29(15-13-28)22-9-7-6-8-21(22)27-24(30)11-10-19-16-20(26)25(32-18(2)3)23(17-19)31-4/h6-11,16-18H,5,12-15H2,1-4H3,(H,27,30)/b11-10+. The van der Waals surface area contributed by atoms with Gasteiger partial charge >= 0.3 is 0 Å². The summed E-state index contributed by atoms with van der Waals surface area (Å²) in [5.41, 5.74) is 2.61. The molecule has 172 valence electrons. The van der Waals surface area contributed by atoms with Gasteiger partial charge in [0.25, 0.3) is 0 Å². The molecule has 1 fully saturated rings. The van der Waals surface area contributed by atoms with Gasteiger partial charge in [-0.15, -0.1) is 0 Å². The van der Waals surface area contributed by atoms with Crippen molar-refractivity contribution in [3.05, 3.63) is 53.1 Å². The third kappa shape index (κ3) is 6.17. The van der Waals surface area contributed by atoms with Gasteiger partial charge in [-0.1, -0.05) is 30.7 Å². The van der Waals surface area contributed by atoms with Crippen LogP contribution in [0.2, 0.25) is 5.02 Å². The predicted molar refractivity (Wildman–Crippen MR) is 132 cm³/mol. The number of methoxy groups -OCH3 is 1. The van der Waals surface area contributed by atoms with E-state index in [-0.39, 0.29) is 12.0 Å². The van der Waals surface area contributed by atoms with E-state index in [0.29, 0.717) is 16.5 Å². The number of benzene rings is 2. The Kier molecular flexibility index (Phi) is 8.42. The molecule has 3 rings (SSSR count). The largest absolute Gasteiger partial charge is 0.493 e. The Morgan fingerprint density at radius 1 is 1.19 bits per heavy atom. The second-order valence-electron chi connectivity index (χ2n) is 7.96. The summed E-state index contributed by atoms with van der Waals surface area (Å²) in [5, 5.41) is 3.45. The number of carbonyl (C=O) groups excluding carboxylic acids is 1. The Balaban J connectivity index is 1.71. The Bertz CT molecular complexity index is 953. The number of nitrogens with zero attached hydrogens (tertiary/aromatic N) is 2. The molecular weight excluding hydrogens is 426 g/mol. The summed E-state index contributed by atoms with van der Waals surface area (Å²) < 4.78 is 11.2. The Morgan fingerprint density at radius 3 is 2.56 bits per heavy atom. The van der Waals surface area contributed by atoms with Crippen LogP contribution in [0.15, 0.2) is 42.5 Å². The van der Waals surface area contributed by atoms with Gasteiger partial charge in [-0.05, 0) is 56.3 Å². The number of nitrogens with one attached hydrogen (secondary N) is 1. The number of hydrogen-bond acceptors (Lipinski definition) is 5. The van der Waals surface area contributed by atoms with Crippen LogP contribution < -0.4 is 19.7 Å². The Morgan fingerprint density at radius 2 is 1.91 bits per heavy atom. The Hall–Kier alpha value is -2.70. The van der Waals surface area contributed by atoms with Gasteiger partial charge in [-0.2, -0.15) is 0 Å². The summed E-state index contributed by atoms with van der Waals surface area (Å²) in [7, 11) is 1.57. The van der Waals surface area contributed by atoms with E-state index < -0.39 is 0 Å². The van der Waals surface area contributed by atoms with Gasteiger partial charge in [0.05, 0.1) is 29.6 Å². The van der Waals surface area contributed by atoms with Crippen molar-refractivity contribution < 1.29 is 14.3 Å². The second kappa shape index (κ2) is 11.2. The van der Waals surface area contributed by atoms with Crippen molar-refractivity contribution in [3.63, 3.8) is 0 Å². The minimum absolute atomic E-state index is 0.0291. The highest BCUT2D eigenvalue weighted by Gasteiger charge is 2.18. The number of anilines is 2. The molecule has 0 aliphatic carbocycles. The lowest BCUT2D eigenvalue weighted by Crippen LogP contribution is -2.46. The lowest BCUT2D eigenvalue weighted by atomic mass is 10.1. The molecule has 1 heterocycles. The molecule has 32 heavy (non-hydrogen) atoms. The number of piperazine rings is 1. The highest BCUT2D eigenvalue weighted by Crippen LogP contribution is 2.37. The molecule has 6 nitrogen and oxygen atoms in total. The molecule has 0 atom stereocenters. The molecule has 1 N–H and O–H groups in total. The molecule has 1 aliphatic heterocycles. The average Bonchev–Trinajstić information content (AvgIpc) is 2.79. The van der Waals surface area contributed by atoms with E-state index in [2.05, 4.69) is 28.1 Å². The minimum Gasteiger partial charge on any atom is -0.493 e. The first kappa shape index (κ1) is 24.0. The van der Waals surface area contributed by atoms with Crippen LogP contribution in [0.5, 0.6) is 11.5 Å². The molecule has 1 amide bonds. The number of carbonyl (C=O) groups is 1. The first-order valence-corrected chi connectivity index (χ1v) is 11.4. The van der Waals surface area contributed by atoms with E-state index in [4.69, 9.17) is 21.1 Å². The number of hydrogen-bond donors (Lipinski definition) is 1. The zero-order chi connectivity index (χ0) is 23.1. The number of halogens is 1. The summed E-state index contributed by atoms with van der Waals surface area (Å²) in [6, 6.07) is 11.5. The van der Waals surface area contributed by atoms with Crippen LogP contribution in [0, 0.1) is 0 Å². The summed E-state index contributed by atoms with van der Waals surface area (Å²) in [6.45, 7) is 11.0. The smallest absolute Gasteiger partial charge is 0.248 e. The monoisotopic (exact) mass is 457 g/mol. The quantitative estimate of drug-likeness (QED) is 0.569. The van der Waals surface area contributed by atoms with E-state index in [9.17, 15) is 4.79 Å². The van der Waals surface area contributed by atoms with Crippen molar-refractivity contribution in [2.24, 2.45) is 0 Å². The van der Waals surface area contributed by atoms with Crippen LogP contribution in [0.3, 0.4) is 0 Å². The summed E-state index contributed by atoms with van der Waals surface area (Å²) in [4.78, 5) is 17.4. The van der Waals surface area contributed by atoms with Crippen molar-refractivity contribution >= 4 is 35.0 Å². The summed E-state index contributed by atoms with van der Waals surface area (Å²) in [6.07, 6.45) is 3.18. The van der Waals surface area contributed by atoms with Crippen molar-refractivity contribution in [2.45, 2.75) is 26.9 Å². The fraction of sp³-hybridized carbons (Fsp3) is 0.400. The number of ether oxygens (including phenoxy) is 2. The molecule has 7 heteroatoms. The maximum Gasteiger partial charge on any atom is 0.248 e. The fourth-order valence-corrected chi connectivity index (χ4v) is 3.96. The molecule has 0 unspecified atom stereocenters. The molecular formula is C25H32ClN3O3. The fourth-order valence-electron chi connectivity index (χ4n) is 3.69. The normalized spacial score (nSPS) is 14.8. The van der Waals surface area contributed by atoms with Crippen molar-refractivity contribution in [1.29, 1.82) is 0 Å². The topological polar surface area (TPSA) is 54.0 Å². The van der Waals surface area contributed by atoms with Crippen LogP contribution in [-0.2, 0) is 4.79 Å². The number of rotatable bonds is 8. The minimum atomic E-state index is -0.206. The average molecular weight is 458 g/mol. The van der Waals surface area contributed by atoms with E-state index in [1.54, 1.807) is 25.3 Å². The van der Waals surface area contributed by atoms with Crippen molar-refractivity contribution in [1.82, 2.24) is 4.90 Å². The van der Waals surface area contributed by atoms with E-state index in [1.165, 1.54) is 6.08 Å². The molecule has 2 aromatic rings. The van der Waals surface area contributed by atoms with Crippen LogP contribution in [0.4, 0.5) is 11.4 Å². The zero-order valence-electron chi connectivity index (χ0n) is 19.2. The lowest BCUT2D eigenvalue weighted by molar-refractivity contribution is -0.111. The van der Waals surface area contributed by atoms with Crippen LogP contribution >= 0.6 is 11.6 Å². The van der Waals surface area contributed by atoms with Gasteiger partial charge in [0, 0.05) is 32.3 Å². The number of amides is 1. The third-order valence-electron chi connectivity index (χ3n) is 5.35. The first-order valence-electron chi connectivity index (χ1n) is 11.0. The van der Waals surface area contributed by atoms with E-state index in [0.717, 1.165) is 49.7 Å². The summed E-state index contributed by atoms with van der Waals surface area (Å²) in [5.74, 6) is 0.827.